The van der Waals surface area contributed by atoms with Crippen molar-refractivity contribution in [3.05, 3.63) is 288 Å². The number of hydrogen-bond donors (Lipinski definition) is 0. The SMILES string of the molecule is CC1(C)c2ccccc2-c2ccc(N(c3ccccc3-c3ccc4c(c3)C3(c5ccccc5-4)c4ccccc4-n4c5ccccc5c5cccc3c54)c3ccccc3-c3ccccc3-c3ccccc3)cc21. The topological polar surface area (TPSA) is 8.17 Å². The second-order valence-electron chi connectivity index (χ2n) is 20.3. The maximum Gasteiger partial charge on any atom is 0.0754 e. The molecule has 15 rings (SSSR count). The summed E-state index contributed by atoms with van der Waals surface area (Å²) in [5.74, 6) is 0. The molecule has 1 atom stereocenters. The minimum Gasteiger partial charge on any atom is -0.309 e. The third-order valence-electron chi connectivity index (χ3n) is 16.4. The van der Waals surface area contributed by atoms with Gasteiger partial charge < -0.3 is 9.47 Å². The molecule has 2 aliphatic carbocycles. The van der Waals surface area contributed by atoms with Gasteiger partial charge in [-0.2, -0.15) is 0 Å². The van der Waals surface area contributed by atoms with E-state index < -0.39 is 5.41 Å². The van der Waals surface area contributed by atoms with E-state index in [9.17, 15) is 0 Å². The first-order chi connectivity index (χ1) is 35.5. The zero-order valence-electron chi connectivity index (χ0n) is 40.1. The summed E-state index contributed by atoms with van der Waals surface area (Å²) in [4.78, 5) is 2.54. The Labute approximate surface area is 420 Å². The molecule has 11 aromatic carbocycles. The van der Waals surface area contributed by atoms with E-state index in [4.69, 9.17) is 0 Å². The first-order valence-electron chi connectivity index (χ1n) is 25.3. The number of aromatic nitrogens is 1. The number of rotatable bonds is 6. The minimum absolute atomic E-state index is 0.180. The van der Waals surface area contributed by atoms with Crippen LogP contribution in [0, 0.1) is 0 Å². The molecular formula is C70H48N2. The number of fused-ring (bicyclic) bond motifs is 15. The van der Waals surface area contributed by atoms with Gasteiger partial charge in [-0.25, -0.2) is 0 Å². The van der Waals surface area contributed by atoms with E-state index in [0.29, 0.717) is 0 Å². The number of benzene rings is 11. The van der Waals surface area contributed by atoms with E-state index in [2.05, 4.69) is 278 Å². The number of anilines is 3. The molecule has 0 saturated heterocycles. The van der Waals surface area contributed by atoms with E-state index >= 15 is 0 Å². The zero-order valence-corrected chi connectivity index (χ0v) is 40.1. The summed E-state index contributed by atoms with van der Waals surface area (Å²) >= 11 is 0. The molecule has 0 fully saturated rings. The first-order valence-corrected chi connectivity index (χ1v) is 25.3. The van der Waals surface area contributed by atoms with Gasteiger partial charge in [0.25, 0.3) is 0 Å². The number of para-hydroxylation sites is 5. The molecule has 0 bridgehead atoms. The Balaban J connectivity index is 0.992. The van der Waals surface area contributed by atoms with Crippen LogP contribution in [-0.2, 0) is 10.8 Å². The summed E-state index contributed by atoms with van der Waals surface area (Å²) in [7, 11) is 0. The fourth-order valence-corrected chi connectivity index (χ4v) is 13.4. The van der Waals surface area contributed by atoms with Crippen LogP contribution in [0.4, 0.5) is 17.1 Å². The normalized spacial score (nSPS) is 15.2. The predicted molar refractivity (Wildman–Crippen MR) is 300 cm³/mol. The van der Waals surface area contributed by atoms with Crippen LogP contribution in [0.1, 0.15) is 47.2 Å². The summed E-state index contributed by atoms with van der Waals surface area (Å²) in [6.07, 6.45) is 0. The third kappa shape index (κ3) is 5.49. The Morgan fingerprint density at radius 3 is 1.67 bits per heavy atom. The minimum atomic E-state index is -0.564. The van der Waals surface area contributed by atoms with Gasteiger partial charge in [0.15, 0.2) is 0 Å². The fourth-order valence-electron chi connectivity index (χ4n) is 13.4. The van der Waals surface area contributed by atoms with E-state index in [-0.39, 0.29) is 5.41 Å². The Morgan fingerprint density at radius 1 is 0.319 bits per heavy atom. The summed E-state index contributed by atoms with van der Waals surface area (Å²) in [6, 6.07) is 95.5. The molecule has 338 valence electrons. The van der Waals surface area contributed by atoms with Crippen LogP contribution in [0.2, 0.25) is 0 Å². The van der Waals surface area contributed by atoms with Gasteiger partial charge in [0, 0.05) is 33.0 Å². The smallest absolute Gasteiger partial charge is 0.0754 e. The lowest BCUT2D eigenvalue weighted by molar-refractivity contribution is 0.660. The Morgan fingerprint density at radius 2 is 0.861 bits per heavy atom. The molecule has 72 heavy (non-hydrogen) atoms. The molecule has 2 heteroatoms. The van der Waals surface area contributed by atoms with Gasteiger partial charge in [-0.15, -0.1) is 0 Å². The van der Waals surface area contributed by atoms with Crippen molar-refractivity contribution in [2.24, 2.45) is 0 Å². The molecule has 0 radical (unpaired) electrons. The van der Waals surface area contributed by atoms with Crippen molar-refractivity contribution < 1.29 is 0 Å². The molecular weight excluding hydrogens is 869 g/mol. The highest BCUT2D eigenvalue weighted by atomic mass is 15.1. The van der Waals surface area contributed by atoms with Gasteiger partial charge in [-0.05, 0) is 120 Å². The quantitative estimate of drug-likeness (QED) is 0.161. The third-order valence-corrected chi connectivity index (χ3v) is 16.4. The lowest BCUT2D eigenvalue weighted by Gasteiger charge is -2.39. The summed E-state index contributed by atoms with van der Waals surface area (Å²) in [5.41, 5.74) is 26.6. The van der Waals surface area contributed by atoms with Gasteiger partial charge in [-0.1, -0.05) is 226 Å². The molecule has 3 aliphatic rings. The highest BCUT2D eigenvalue weighted by molar-refractivity contribution is 6.13. The van der Waals surface area contributed by atoms with Crippen molar-refractivity contribution in [1.82, 2.24) is 4.57 Å². The molecule has 1 unspecified atom stereocenters. The van der Waals surface area contributed by atoms with Crippen molar-refractivity contribution >= 4 is 38.9 Å². The Kier molecular flexibility index (Phi) is 8.66. The van der Waals surface area contributed by atoms with Crippen molar-refractivity contribution in [1.29, 1.82) is 0 Å². The molecule has 1 spiro atoms. The number of hydrogen-bond acceptors (Lipinski definition) is 1. The number of nitrogens with zero attached hydrogens (tertiary/aromatic N) is 2. The van der Waals surface area contributed by atoms with Crippen molar-refractivity contribution in [2.75, 3.05) is 4.90 Å². The highest BCUT2D eigenvalue weighted by Gasteiger charge is 2.51. The fraction of sp³-hybridized carbons (Fsp3) is 0.0571. The van der Waals surface area contributed by atoms with Crippen LogP contribution < -0.4 is 4.90 Å². The van der Waals surface area contributed by atoms with Crippen LogP contribution in [0.25, 0.3) is 83.1 Å². The van der Waals surface area contributed by atoms with Gasteiger partial charge >= 0.3 is 0 Å². The predicted octanol–water partition coefficient (Wildman–Crippen LogP) is 18.2. The average Bonchev–Trinajstić information content (AvgIpc) is 4.02. The first kappa shape index (κ1) is 40.9. The second kappa shape index (κ2) is 15.3. The van der Waals surface area contributed by atoms with Crippen molar-refractivity contribution in [2.45, 2.75) is 24.7 Å². The van der Waals surface area contributed by atoms with Crippen molar-refractivity contribution in [3.8, 4) is 61.3 Å². The van der Waals surface area contributed by atoms with E-state index in [1.807, 2.05) is 0 Å². The van der Waals surface area contributed by atoms with Crippen LogP contribution >= 0.6 is 0 Å². The lowest BCUT2D eigenvalue weighted by atomic mass is 9.65. The standard InChI is InChI=1S/C70H48N2/c1-69(2)58-31-13-8-26-51(58)53-42-40-47(44-62(53)69)71(65-36-17-11-28-55(65)50-25-7-6-23-48(50)45-21-4-3-5-22-45)64-35-16-10-24-49(64)46-39-41-54-52-27-9-14-32-59(52)70(63(54)43-46)60-33-15-19-38-67(60)72-66-37-18-12-29-56(66)57-30-20-34-61(70)68(57)72/h3-44H,1-2H3. The van der Waals surface area contributed by atoms with Gasteiger partial charge in [0.2, 0.25) is 0 Å². The molecule has 0 N–H and O–H groups in total. The molecule has 1 aliphatic heterocycles. The van der Waals surface area contributed by atoms with Gasteiger partial charge in [0.05, 0.1) is 33.5 Å². The van der Waals surface area contributed by atoms with Crippen LogP contribution in [-0.4, -0.2) is 4.57 Å². The molecule has 1 aromatic heterocycles. The van der Waals surface area contributed by atoms with Crippen LogP contribution in [0.15, 0.2) is 255 Å². The molecule has 2 nitrogen and oxygen atoms in total. The monoisotopic (exact) mass is 916 g/mol. The van der Waals surface area contributed by atoms with Gasteiger partial charge in [0.1, 0.15) is 0 Å². The Hall–Kier alpha value is -8.98. The molecule has 0 amide bonds. The van der Waals surface area contributed by atoms with E-state index in [0.717, 1.165) is 22.6 Å². The Bertz CT molecular complexity index is 4210. The summed E-state index contributed by atoms with van der Waals surface area (Å²) < 4.78 is 2.53. The molecule has 0 saturated carbocycles. The van der Waals surface area contributed by atoms with Crippen LogP contribution in [0.3, 0.4) is 0 Å². The second-order valence-corrected chi connectivity index (χ2v) is 20.3. The molecule has 12 aromatic rings. The molecule has 2 heterocycles. The van der Waals surface area contributed by atoms with Gasteiger partial charge in [-0.3, -0.25) is 0 Å². The largest absolute Gasteiger partial charge is 0.309 e. The lowest BCUT2D eigenvalue weighted by Crippen LogP contribution is -2.33. The maximum atomic E-state index is 2.54. The van der Waals surface area contributed by atoms with Crippen LogP contribution in [0.5, 0.6) is 0 Å². The zero-order chi connectivity index (χ0) is 47.7. The van der Waals surface area contributed by atoms with Crippen molar-refractivity contribution in [3.63, 3.8) is 0 Å². The van der Waals surface area contributed by atoms with E-state index in [1.54, 1.807) is 0 Å². The van der Waals surface area contributed by atoms with E-state index in [1.165, 1.54) is 111 Å². The average molecular weight is 917 g/mol. The summed E-state index contributed by atoms with van der Waals surface area (Å²) in [5, 5.41) is 2.56. The highest BCUT2D eigenvalue weighted by Crippen LogP contribution is 2.62. The summed E-state index contributed by atoms with van der Waals surface area (Å²) in [6.45, 7) is 4.76. The maximum absolute atomic E-state index is 2.54.